The summed E-state index contributed by atoms with van der Waals surface area (Å²) in [5, 5.41) is 1.12. The number of carbonyl (C=O) groups is 1. The number of amides is 1. The highest BCUT2D eigenvalue weighted by molar-refractivity contribution is 7.89. The number of nitrogens with zero attached hydrogens (tertiary/aromatic N) is 2. The molecule has 0 bridgehead atoms. The van der Waals surface area contributed by atoms with Crippen LogP contribution in [0.25, 0.3) is 11.0 Å². The van der Waals surface area contributed by atoms with E-state index in [4.69, 9.17) is 4.74 Å². The molecule has 0 radical (unpaired) electrons. The van der Waals surface area contributed by atoms with E-state index in [0.29, 0.717) is 24.6 Å². The second kappa shape index (κ2) is 8.91. The zero-order chi connectivity index (χ0) is 22.9. The molecule has 1 aliphatic heterocycles. The van der Waals surface area contributed by atoms with Crippen LogP contribution in [0.5, 0.6) is 5.75 Å². The average Bonchev–Trinajstić information content (AvgIpc) is 3.21. The minimum atomic E-state index is -3.80. The standard InChI is InChI=1S/C23H28N4O4S/c1-15(2)26-32(29,30)21-13-17(6-7-20(21)31-3)23(28)27-11-8-16(9-12-27)19-14-25-22-18(19)5-4-10-24-22/h4-7,10,13-16,26H,8-9,11-12H2,1-3H3,(H,24,25). The third-order valence-corrected chi connectivity index (χ3v) is 7.48. The first kappa shape index (κ1) is 22.3. The number of hydrogen-bond acceptors (Lipinski definition) is 5. The Kier molecular flexibility index (Phi) is 6.21. The van der Waals surface area contributed by atoms with Crippen LogP contribution >= 0.6 is 0 Å². The summed E-state index contributed by atoms with van der Waals surface area (Å²) in [7, 11) is -2.39. The van der Waals surface area contributed by atoms with Crippen molar-refractivity contribution < 1.29 is 17.9 Å². The third-order valence-electron chi connectivity index (χ3n) is 5.80. The minimum absolute atomic E-state index is 0.0271. The number of rotatable bonds is 6. The number of likely N-dealkylation sites (tertiary alicyclic amines) is 1. The Labute approximate surface area is 188 Å². The second-order valence-corrected chi connectivity index (χ2v) is 10.0. The maximum absolute atomic E-state index is 13.2. The van der Waals surface area contributed by atoms with Gasteiger partial charge in [-0.25, -0.2) is 18.1 Å². The number of aromatic amines is 1. The first-order valence-electron chi connectivity index (χ1n) is 10.7. The summed E-state index contributed by atoms with van der Waals surface area (Å²) in [5.74, 6) is 0.382. The van der Waals surface area contributed by atoms with Crippen molar-refractivity contribution in [1.29, 1.82) is 0 Å². The van der Waals surface area contributed by atoms with Gasteiger partial charge in [-0.05, 0) is 68.5 Å². The summed E-state index contributed by atoms with van der Waals surface area (Å²) < 4.78 is 33.2. The number of fused-ring (bicyclic) bond motifs is 1. The maximum Gasteiger partial charge on any atom is 0.253 e. The van der Waals surface area contributed by atoms with Crippen LogP contribution in [0.3, 0.4) is 0 Å². The number of ether oxygens (including phenoxy) is 1. The van der Waals surface area contributed by atoms with Gasteiger partial charge in [0.25, 0.3) is 5.91 Å². The first-order valence-corrected chi connectivity index (χ1v) is 12.2. The Morgan fingerprint density at radius 2 is 2.00 bits per heavy atom. The van der Waals surface area contributed by atoms with Crippen LogP contribution in [0.4, 0.5) is 0 Å². The van der Waals surface area contributed by atoms with Gasteiger partial charge in [0.15, 0.2) is 0 Å². The smallest absolute Gasteiger partial charge is 0.253 e. The van der Waals surface area contributed by atoms with E-state index in [-0.39, 0.29) is 22.6 Å². The third kappa shape index (κ3) is 4.35. The molecule has 0 atom stereocenters. The molecule has 1 saturated heterocycles. The number of H-pyrrole nitrogens is 1. The summed E-state index contributed by atoms with van der Waals surface area (Å²) in [5.41, 5.74) is 2.45. The van der Waals surface area contributed by atoms with E-state index in [2.05, 4.69) is 20.8 Å². The van der Waals surface area contributed by atoms with Crippen LogP contribution in [-0.4, -0.2) is 55.4 Å². The number of benzene rings is 1. The van der Waals surface area contributed by atoms with Gasteiger partial charge in [-0.15, -0.1) is 0 Å². The molecule has 2 N–H and O–H groups in total. The van der Waals surface area contributed by atoms with E-state index in [1.54, 1.807) is 31.0 Å². The molecular formula is C23H28N4O4S. The van der Waals surface area contributed by atoms with E-state index < -0.39 is 10.0 Å². The van der Waals surface area contributed by atoms with Gasteiger partial charge in [0.1, 0.15) is 16.3 Å². The minimum Gasteiger partial charge on any atom is -0.495 e. The highest BCUT2D eigenvalue weighted by Gasteiger charge is 2.28. The Balaban J connectivity index is 1.51. The van der Waals surface area contributed by atoms with Crippen molar-refractivity contribution in [2.45, 2.75) is 43.5 Å². The van der Waals surface area contributed by atoms with Gasteiger partial charge in [-0.2, -0.15) is 0 Å². The van der Waals surface area contributed by atoms with Crippen molar-refractivity contribution in [1.82, 2.24) is 19.6 Å². The molecule has 4 rings (SSSR count). The van der Waals surface area contributed by atoms with E-state index in [1.807, 2.05) is 12.3 Å². The molecule has 0 unspecified atom stereocenters. The Morgan fingerprint density at radius 1 is 1.25 bits per heavy atom. The largest absolute Gasteiger partial charge is 0.495 e. The highest BCUT2D eigenvalue weighted by atomic mass is 32.2. The molecule has 1 amide bonds. The van der Waals surface area contributed by atoms with E-state index in [1.165, 1.54) is 24.8 Å². The fourth-order valence-electron chi connectivity index (χ4n) is 4.28. The van der Waals surface area contributed by atoms with Crippen LogP contribution in [0.15, 0.2) is 47.6 Å². The number of pyridine rings is 1. The molecule has 0 saturated carbocycles. The number of nitrogens with one attached hydrogen (secondary N) is 2. The number of aromatic nitrogens is 2. The molecule has 32 heavy (non-hydrogen) atoms. The van der Waals surface area contributed by atoms with Gasteiger partial charge in [0.2, 0.25) is 10.0 Å². The lowest BCUT2D eigenvalue weighted by molar-refractivity contribution is 0.0713. The van der Waals surface area contributed by atoms with Crippen LogP contribution < -0.4 is 9.46 Å². The molecule has 8 nitrogen and oxygen atoms in total. The zero-order valence-corrected chi connectivity index (χ0v) is 19.3. The molecule has 0 aliphatic carbocycles. The molecule has 1 fully saturated rings. The predicted octanol–water partition coefficient (Wildman–Crippen LogP) is 3.28. The lowest BCUT2D eigenvalue weighted by atomic mass is 9.89. The van der Waals surface area contributed by atoms with Crippen molar-refractivity contribution >= 4 is 27.0 Å². The lowest BCUT2D eigenvalue weighted by Crippen LogP contribution is -2.38. The predicted molar refractivity (Wildman–Crippen MR) is 122 cm³/mol. The molecule has 3 heterocycles. The first-order chi connectivity index (χ1) is 15.3. The molecule has 3 aromatic rings. The Hall–Kier alpha value is -2.91. The molecule has 1 aromatic carbocycles. The second-order valence-electron chi connectivity index (χ2n) is 8.35. The van der Waals surface area contributed by atoms with Crippen LogP contribution in [0, 0.1) is 0 Å². The SMILES string of the molecule is COc1ccc(C(=O)N2CCC(c3c[nH]c4ncccc34)CC2)cc1S(=O)(=O)NC(C)C. The van der Waals surface area contributed by atoms with Crippen molar-refractivity contribution in [3.63, 3.8) is 0 Å². The Bertz CT molecular complexity index is 1230. The molecule has 1 aliphatic rings. The van der Waals surface area contributed by atoms with Crippen LogP contribution in [0.2, 0.25) is 0 Å². The fourth-order valence-corrected chi connectivity index (χ4v) is 5.73. The van der Waals surface area contributed by atoms with Gasteiger partial charge < -0.3 is 14.6 Å². The summed E-state index contributed by atoms with van der Waals surface area (Å²) in [6.45, 7) is 4.70. The monoisotopic (exact) mass is 456 g/mol. The fraction of sp³-hybridized carbons (Fsp3) is 0.391. The van der Waals surface area contributed by atoms with Gasteiger partial charge >= 0.3 is 0 Å². The van der Waals surface area contributed by atoms with Crippen LogP contribution in [0.1, 0.15) is 48.5 Å². The van der Waals surface area contributed by atoms with Crippen molar-refractivity contribution in [3.05, 3.63) is 53.9 Å². The van der Waals surface area contributed by atoms with Crippen molar-refractivity contribution in [3.8, 4) is 5.75 Å². The lowest BCUT2D eigenvalue weighted by Gasteiger charge is -2.32. The quantitative estimate of drug-likeness (QED) is 0.592. The summed E-state index contributed by atoms with van der Waals surface area (Å²) in [6.07, 6.45) is 5.46. The van der Waals surface area contributed by atoms with Gasteiger partial charge in [0.05, 0.1) is 7.11 Å². The maximum atomic E-state index is 13.2. The molecular weight excluding hydrogens is 428 g/mol. The molecule has 0 spiro atoms. The number of hydrogen-bond donors (Lipinski definition) is 2. The van der Waals surface area contributed by atoms with E-state index >= 15 is 0 Å². The molecule has 170 valence electrons. The summed E-state index contributed by atoms with van der Waals surface area (Å²) in [6, 6.07) is 8.28. The van der Waals surface area contributed by atoms with Crippen molar-refractivity contribution in [2.75, 3.05) is 20.2 Å². The van der Waals surface area contributed by atoms with Gasteiger partial charge in [-0.1, -0.05) is 0 Å². The average molecular weight is 457 g/mol. The number of piperidine rings is 1. The summed E-state index contributed by atoms with van der Waals surface area (Å²) >= 11 is 0. The number of carbonyl (C=O) groups excluding carboxylic acids is 1. The Morgan fingerprint density at radius 3 is 2.69 bits per heavy atom. The normalized spacial score (nSPS) is 15.4. The number of sulfonamides is 1. The van der Waals surface area contributed by atoms with Gasteiger partial charge in [-0.3, -0.25) is 4.79 Å². The molecule has 9 heteroatoms. The number of methoxy groups -OCH3 is 1. The van der Waals surface area contributed by atoms with E-state index in [0.717, 1.165) is 23.9 Å². The topological polar surface area (TPSA) is 104 Å². The zero-order valence-electron chi connectivity index (χ0n) is 18.5. The summed E-state index contributed by atoms with van der Waals surface area (Å²) in [4.78, 5) is 22.5. The van der Waals surface area contributed by atoms with Crippen LogP contribution in [-0.2, 0) is 10.0 Å². The molecule has 2 aromatic heterocycles. The van der Waals surface area contributed by atoms with E-state index in [9.17, 15) is 13.2 Å². The highest BCUT2D eigenvalue weighted by Crippen LogP contribution is 2.33. The van der Waals surface area contributed by atoms with Gasteiger partial charge in [0, 0.05) is 42.5 Å². The van der Waals surface area contributed by atoms with Crippen molar-refractivity contribution in [2.24, 2.45) is 0 Å².